The Labute approximate surface area is 194 Å². The van der Waals surface area contributed by atoms with E-state index in [4.69, 9.17) is 5.26 Å². The molecule has 3 aromatic rings. The molecular formula is C31H35N. The van der Waals surface area contributed by atoms with Crippen LogP contribution in [0.2, 0.25) is 0 Å². The first kappa shape index (κ1) is 22.3. The van der Waals surface area contributed by atoms with Crippen LogP contribution in [-0.4, -0.2) is 0 Å². The normalized spacial score (nSPS) is 18.3. The number of nitrogens with zero attached hydrogens (tertiary/aromatic N) is 1. The summed E-state index contributed by atoms with van der Waals surface area (Å²) < 4.78 is 0. The van der Waals surface area contributed by atoms with Crippen LogP contribution in [-0.2, 0) is 12.8 Å². The van der Waals surface area contributed by atoms with E-state index in [1.165, 1.54) is 60.8 Å². The number of hydrogen-bond acceptors (Lipinski definition) is 1. The largest absolute Gasteiger partial charge is 0.192 e. The molecule has 0 amide bonds. The molecule has 1 fully saturated rings. The van der Waals surface area contributed by atoms with Crippen LogP contribution < -0.4 is 0 Å². The van der Waals surface area contributed by atoms with E-state index < -0.39 is 0 Å². The Balaban J connectivity index is 1.32. The zero-order valence-corrected chi connectivity index (χ0v) is 19.6. The van der Waals surface area contributed by atoms with Gasteiger partial charge in [-0.25, -0.2) is 0 Å². The topological polar surface area (TPSA) is 23.8 Å². The van der Waals surface area contributed by atoms with E-state index in [0.717, 1.165) is 35.8 Å². The summed E-state index contributed by atoms with van der Waals surface area (Å²) in [5, 5.41) is 9.07. The Bertz CT molecular complexity index is 1050. The van der Waals surface area contributed by atoms with Gasteiger partial charge in [-0.15, -0.1) is 0 Å². The number of benzene rings is 3. The van der Waals surface area contributed by atoms with E-state index >= 15 is 0 Å². The third-order valence-electron chi connectivity index (χ3n) is 7.32. The number of aryl methyl sites for hydroxylation is 3. The molecule has 0 spiro atoms. The van der Waals surface area contributed by atoms with Gasteiger partial charge in [-0.1, -0.05) is 74.4 Å². The van der Waals surface area contributed by atoms with Gasteiger partial charge in [0.25, 0.3) is 0 Å². The van der Waals surface area contributed by atoms with Crippen LogP contribution in [0.3, 0.4) is 0 Å². The third kappa shape index (κ3) is 5.49. The Morgan fingerprint density at radius 3 is 2.00 bits per heavy atom. The van der Waals surface area contributed by atoms with E-state index in [2.05, 4.69) is 74.5 Å². The molecule has 1 heteroatoms. The molecule has 0 unspecified atom stereocenters. The van der Waals surface area contributed by atoms with Crippen LogP contribution in [0, 0.1) is 24.2 Å². The molecule has 0 saturated heterocycles. The molecule has 1 aliphatic rings. The van der Waals surface area contributed by atoms with Crippen molar-refractivity contribution in [3.05, 3.63) is 94.5 Å². The highest BCUT2D eigenvalue weighted by molar-refractivity contribution is 5.68. The molecule has 1 nitrogen and oxygen atoms in total. The lowest BCUT2D eigenvalue weighted by atomic mass is 9.77. The van der Waals surface area contributed by atoms with Crippen molar-refractivity contribution in [1.82, 2.24) is 0 Å². The van der Waals surface area contributed by atoms with Crippen LogP contribution in [0.4, 0.5) is 0 Å². The quantitative estimate of drug-likeness (QED) is 0.376. The summed E-state index contributed by atoms with van der Waals surface area (Å²) in [7, 11) is 0. The van der Waals surface area contributed by atoms with Gasteiger partial charge in [0, 0.05) is 0 Å². The fraction of sp³-hybridized carbons (Fsp3) is 0.387. The highest BCUT2D eigenvalue weighted by Crippen LogP contribution is 2.37. The fourth-order valence-electron chi connectivity index (χ4n) is 5.35. The van der Waals surface area contributed by atoms with Crippen molar-refractivity contribution in [2.75, 3.05) is 0 Å². The highest BCUT2D eigenvalue weighted by Gasteiger charge is 2.21. The minimum absolute atomic E-state index is 0.720. The van der Waals surface area contributed by atoms with Crippen LogP contribution in [0.1, 0.15) is 79.2 Å². The van der Waals surface area contributed by atoms with Gasteiger partial charge in [-0.2, -0.15) is 5.26 Å². The van der Waals surface area contributed by atoms with E-state index in [1.54, 1.807) is 5.56 Å². The number of hydrogen-bond donors (Lipinski definition) is 0. The van der Waals surface area contributed by atoms with E-state index in [-0.39, 0.29) is 0 Å². The second-order valence-electron chi connectivity index (χ2n) is 9.59. The van der Waals surface area contributed by atoms with E-state index in [9.17, 15) is 0 Å². The first-order valence-electron chi connectivity index (χ1n) is 12.3. The summed E-state index contributed by atoms with van der Waals surface area (Å²) in [6.07, 6.45) is 10.5. The van der Waals surface area contributed by atoms with Gasteiger partial charge in [-0.05, 0) is 103 Å². The van der Waals surface area contributed by atoms with Crippen molar-refractivity contribution in [3.8, 4) is 17.2 Å². The fourth-order valence-corrected chi connectivity index (χ4v) is 5.35. The van der Waals surface area contributed by atoms with Crippen LogP contribution in [0.25, 0.3) is 11.1 Å². The molecule has 0 N–H and O–H groups in total. The van der Waals surface area contributed by atoms with Crippen LogP contribution in [0.15, 0.2) is 66.7 Å². The summed E-state index contributed by atoms with van der Waals surface area (Å²) >= 11 is 0. The predicted octanol–water partition coefficient (Wildman–Crippen LogP) is 8.39. The molecule has 32 heavy (non-hydrogen) atoms. The first-order valence-corrected chi connectivity index (χ1v) is 12.3. The molecule has 4 rings (SSSR count). The van der Waals surface area contributed by atoms with Crippen molar-refractivity contribution in [2.24, 2.45) is 5.92 Å². The maximum Gasteiger partial charge on any atom is 0.0991 e. The molecule has 0 aliphatic heterocycles. The summed E-state index contributed by atoms with van der Waals surface area (Å²) in [5.74, 6) is 1.75. The summed E-state index contributed by atoms with van der Waals surface area (Å²) in [6.45, 7) is 4.39. The average Bonchev–Trinajstić information content (AvgIpc) is 2.84. The maximum absolute atomic E-state index is 9.07. The first-order chi connectivity index (χ1) is 15.7. The minimum Gasteiger partial charge on any atom is -0.192 e. The standard InChI is InChI=1S/C31H35N/c1-3-4-24-7-14-28(15-8-24)29-16-9-25(10-17-29)5-6-26-11-18-30(19-12-26)31-20-13-27(22-32)21-23(31)2/h9-13,16-21,24,28H,3-8,14-15H2,1-2H3. The van der Waals surface area contributed by atoms with Crippen molar-refractivity contribution in [1.29, 1.82) is 5.26 Å². The number of rotatable bonds is 7. The van der Waals surface area contributed by atoms with Gasteiger partial charge in [0.15, 0.2) is 0 Å². The van der Waals surface area contributed by atoms with Gasteiger partial charge >= 0.3 is 0 Å². The molecule has 0 bridgehead atoms. The zero-order chi connectivity index (χ0) is 22.3. The maximum atomic E-state index is 9.07. The van der Waals surface area contributed by atoms with Gasteiger partial charge in [0.1, 0.15) is 0 Å². The van der Waals surface area contributed by atoms with Crippen molar-refractivity contribution >= 4 is 0 Å². The molecule has 0 radical (unpaired) electrons. The number of nitriles is 1. The Hall–Kier alpha value is -2.85. The zero-order valence-electron chi connectivity index (χ0n) is 19.6. The van der Waals surface area contributed by atoms with Crippen molar-refractivity contribution < 1.29 is 0 Å². The molecule has 1 aliphatic carbocycles. The lowest BCUT2D eigenvalue weighted by Crippen LogP contribution is -2.13. The summed E-state index contributed by atoms with van der Waals surface area (Å²) in [5.41, 5.74) is 8.64. The second kappa shape index (κ2) is 10.6. The van der Waals surface area contributed by atoms with Gasteiger partial charge in [0.05, 0.1) is 11.6 Å². The van der Waals surface area contributed by atoms with E-state index in [1.807, 2.05) is 12.1 Å². The van der Waals surface area contributed by atoms with Crippen LogP contribution >= 0.6 is 0 Å². The highest BCUT2D eigenvalue weighted by atomic mass is 14.3. The lowest BCUT2D eigenvalue weighted by Gasteiger charge is -2.28. The lowest BCUT2D eigenvalue weighted by molar-refractivity contribution is 0.308. The molecule has 3 aromatic carbocycles. The third-order valence-corrected chi connectivity index (χ3v) is 7.32. The Morgan fingerprint density at radius 1 is 0.812 bits per heavy atom. The second-order valence-corrected chi connectivity index (χ2v) is 9.59. The van der Waals surface area contributed by atoms with E-state index in [0.29, 0.717) is 0 Å². The molecular weight excluding hydrogens is 386 g/mol. The van der Waals surface area contributed by atoms with Crippen LogP contribution in [0.5, 0.6) is 0 Å². The van der Waals surface area contributed by atoms with Gasteiger partial charge in [-0.3, -0.25) is 0 Å². The summed E-state index contributed by atoms with van der Waals surface area (Å²) in [4.78, 5) is 0. The molecule has 164 valence electrons. The smallest absolute Gasteiger partial charge is 0.0991 e. The average molecular weight is 422 g/mol. The SMILES string of the molecule is CCCC1CCC(c2ccc(CCc3ccc(-c4ccc(C#N)cc4C)cc3)cc2)CC1. The molecule has 0 heterocycles. The predicted molar refractivity (Wildman–Crippen MR) is 135 cm³/mol. The Morgan fingerprint density at radius 2 is 1.44 bits per heavy atom. The monoisotopic (exact) mass is 421 g/mol. The van der Waals surface area contributed by atoms with Crippen molar-refractivity contribution in [3.63, 3.8) is 0 Å². The van der Waals surface area contributed by atoms with Gasteiger partial charge in [0.2, 0.25) is 0 Å². The Kier molecular flexibility index (Phi) is 7.43. The van der Waals surface area contributed by atoms with Crippen molar-refractivity contribution in [2.45, 2.75) is 71.1 Å². The molecule has 0 atom stereocenters. The van der Waals surface area contributed by atoms with Gasteiger partial charge < -0.3 is 0 Å². The molecule has 0 aromatic heterocycles. The summed E-state index contributed by atoms with van der Waals surface area (Å²) in [6, 6.07) is 26.5. The molecule has 1 saturated carbocycles. The minimum atomic E-state index is 0.720.